The van der Waals surface area contributed by atoms with Gasteiger partial charge >= 0.3 is 0 Å². The lowest BCUT2D eigenvalue weighted by molar-refractivity contribution is 0.991. The van der Waals surface area contributed by atoms with Gasteiger partial charge in [-0.2, -0.15) is 0 Å². The Hall–Kier alpha value is -1.96. The summed E-state index contributed by atoms with van der Waals surface area (Å²) in [6.07, 6.45) is 4.14. The lowest BCUT2D eigenvalue weighted by atomic mass is 10.1. The summed E-state index contributed by atoms with van der Waals surface area (Å²) < 4.78 is 0. The predicted octanol–water partition coefficient (Wildman–Crippen LogP) is 3.88. The normalized spacial score (nSPS) is 11.1. The molecule has 2 nitrogen and oxygen atoms in total. The van der Waals surface area contributed by atoms with Gasteiger partial charge in [0.05, 0.1) is 22.8 Å². The molecular weight excluding hydrogens is 220 g/mol. The van der Waals surface area contributed by atoms with Crippen LogP contribution in [0.1, 0.15) is 33.9 Å². The highest BCUT2D eigenvalue weighted by molar-refractivity contribution is 5.70. The second-order valence-electron chi connectivity index (χ2n) is 4.55. The van der Waals surface area contributed by atoms with E-state index in [1.807, 2.05) is 39.0 Å². The summed E-state index contributed by atoms with van der Waals surface area (Å²) in [6, 6.07) is 8.31. The third-order valence-electron chi connectivity index (χ3n) is 3.13. The highest BCUT2D eigenvalue weighted by Crippen LogP contribution is 2.13. The van der Waals surface area contributed by atoms with Crippen molar-refractivity contribution in [1.82, 2.24) is 9.97 Å². The van der Waals surface area contributed by atoms with E-state index in [-0.39, 0.29) is 0 Å². The molecule has 0 unspecified atom stereocenters. The van der Waals surface area contributed by atoms with Crippen molar-refractivity contribution in [2.45, 2.75) is 27.7 Å². The van der Waals surface area contributed by atoms with Crippen molar-refractivity contribution in [3.05, 3.63) is 58.2 Å². The van der Waals surface area contributed by atoms with Gasteiger partial charge in [0.1, 0.15) is 0 Å². The predicted molar refractivity (Wildman–Crippen MR) is 76.4 cm³/mol. The van der Waals surface area contributed by atoms with Gasteiger partial charge in [0.15, 0.2) is 0 Å². The second-order valence-corrected chi connectivity index (χ2v) is 4.55. The van der Waals surface area contributed by atoms with E-state index in [9.17, 15) is 0 Å². The number of benzene rings is 1. The van der Waals surface area contributed by atoms with E-state index in [2.05, 4.69) is 35.1 Å². The molecule has 2 rings (SSSR count). The smallest absolute Gasteiger partial charge is 0.0845 e. The maximum atomic E-state index is 4.57. The van der Waals surface area contributed by atoms with E-state index < -0.39 is 0 Å². The minimum absolute atomic E-state index is 0.946. The van der Waals surface area contributed by atoms with E-state index >= 15 is 0 Å². The molecule has 0 atom stereocenters. The van der Waals surface area contributed by atoms with Gasteiger partial charge in [0, 0.05) is 0 Å². The first kappa shape index (κ1) is 12.5. The molecule has 1 heterocycles. The van der Waals surface area contributed by atoms with E-state index in [0.29, 0.717) is 0 Å². The largest absolute Gasteiger partial charge is 0.254 e. The maximum absolute atomic E-state index is 4.57. The SMILES string of the molecule is Cc1ccccc1C=Cc1nc(C)c(C)nc1C. The minimum atomic E-state index is 0.946. The molecule has 0 saturated heterocycles. The number of rotatable bonds is 2. The molecule has 0 fully saturated rings. The van der Waals surface area contributed by atoms with Gasteiger partial charge < -0.3 is 0 Å². The Kier molecular flexibility index (Phi) is 3.56. The molecule has 0 amide bonds. The zero-order valence-electron chi connectivity index (χ0n) is 11.4. The van der Waals surface area contributed by atoms with Crippen LogP contribution in [0.25, 0.3) is 12.2 Å². The number of hydrogen-bond donors (Lipinski definition) is 0. The van der Waals surface area contributed by atoms with Crippen LogP contribution in [-0.2, 0) is 0 Å². The Balaban J connectivity index is 2.35. The zero-order chi connectivity index (χ0) is 13.1. The van der Waals surface area contributed by atoms with Crippen molar-refractivity contribution in [2.24, 2.45) is 0 Å². The van der Waals surface area contributed by atoms with Crippen LogP contribution in [0.4, 0.5) is 0 Å². The van der Waals surface area contributed by atoms with E-state index in [4.69, 9.17) is 0 Å². The van der Waals surface area contributed by atoms with Gasteiger partial charge in [-0.25, -0.2) is 4.98 Å². The molecule has 0 aliphatic heterocycles. The lowest BCUT2D eigenvalue weighted by Gasteiger charge is -2.04. The molecule has 0 aliphatic carbocycles. The van der Waals surface area contributed by atoms with Gasteiger partial charge in [0.25, 0.3) is 0 Å². The molecule has 0 radical (unpaired) electrons. The Labute approximate surface area is 108 Å². The molecule has 1 aromatic carbocycles. The van der Waals surface area contributed by atoms with E-state index in [1.54, 1.807) is 0 Å². The number of hydrogen-bond acceptors (Lipinski definition) is 2. The van der Waals surface area contributed by atoms with Crippen molar-refractivity contribution in [3.8, 4) is 0 Å². The topological polar surface area (TPSA) is 25.8 Å². The Morgan fingerprint density at radius 3 is 2.17 bits per heavy atom. The summed E-state index contributed by atoms with van der Waals surface area (Å²) in [5.74, 6) is 0. The average molecular weight is 238 g/mol. The second kappa shape index (κ2) is 5.13. The molecule has 0 spiro atoms. The average Bonchev–Trinajstić information content (AvgIpc) is 2.34. The minimum Gasteiger partial charge on any atom is -0.254 e. The molecule has 2 heteroatoms. The molecule has 1 aromatic heterocycles. The van der Waals surface area contributed by atoms with E-state index in [1.165, 1.54) is 11.1 Å². The summed E-state index contributed by atoms with van der Waals surface area (Å²) in [5.41, 5.74) is 6.40. The Bertz CT molecular complexity index is 598. The zero-order valence-corrected chi connectivity index (χ0v) is 11.4. The van der Waals surface area contributed by atoms with Crippen molar-refractivity contribution < 1.29 is 0 Å². The van der Waals surface area contributed by atoms with Crippen LogP contribution in [0.5, 0.6) is 0 Å². The van der Waals surface area contributed by atoms with Gasteiger partial charge in [0.2, 0.25) is 0 Å². The summed E-state index contributed by atoms with van der Waals surface area (Å²) in [7, 11) is 0. The molecule has 0 saturated carbocycles. The summed E-state index contributed by atoms with van der Waals surface area (Å²) in [6.45, 7) is 8.09. The highest BCUT2D eigenvalue weighted by atomic mass is 14.8. The molecule has 0 N–H and O–H groups in total. The summed E-state index contributed by atoms with van der Waals surface area (Å²) in [4.78, 5) is 9.06. The molecule has 0 aliphatic rings. The van der Waals surface area contributed by atoms with Crippen LogP contribution in [0, 0.1) is 27.7 Å². The van der Waals surface area contributed by atoms with Gasteiger partial charge in [-0.05, 0) is 44.9 Å². The monoisotopic (exact) mass is 238 g/mol. The Morgan fingerprint density at radius 1 is 0.778 bits per heavy atom. The van der Waals surface area contributed by atoms with Crippen molar-refractivity contribution in [2.75, 3.05) is 0 Å². The lowest BCUT2D eigenvalue weighted by Crippen LogP contribution is -1.98. The molecule has 92 valence electrons. The molecule has 2 aromatic rings. The first-order valence-corrected chi connectivity index (χ1v) is 6.13. The summed E-state index contributed by atoms with van der Waals surface area (Å²) >= 11 is 0. The number of aromatic nitrogens is 2. The first-order chi connectivity index (χ1) is 8.58. The molecular formula is C16H18N2. The fourth-order valence-electron chi connectivity index (χ4n) is 1.83. The molecule has 18 heavy (non-hydrogen) atoms. The van der Waals surface area contributed by atoms with Crippen LogP contribution in [0.2, 0.25) is 0 Å². The highest BCUT2D eigenvalue weighted by Gasteiger charge is 2.02. The van der Waals surface area contributed by atoms with Crippen molar-refractivity contribution in [3.63, 3.8) is 0 Å². The quantitative estimate of drug-likeness (QED) is 0.793. The third-order valence-corrected chi connectivity index (χ3v) is 3.13. The van der Waals surface area contributed by atoms with Gasteiger partial charge in [-0.15, -0.1) is 0 Å². The number of nitrogens with zero attached hydrogens (tertiary/aromatic N) is 2. The maximum Gasteiger partial charge on any atom is 0.0845 e. The van der Waals surface area contributed by atoms with Crippen molar-refractivity contribution in [1.29, 1.82) is 0 Å². The van der Waals surface area contributed by atoms with Crippen molar-refractivity contribution >= 4 is 12.2 Å². The first-order valence-electron chi connectivity index (χ1n) is 6.13. The van der Waals surface area contributed by atoms with Crippen LogP contribution < -0.4 is 0 Å². The standard InChI is InChI=1S/C16H18N2/c1-11-7-5-6-8-15(11)9-10-16-14(4)17-12(2)13(3)18-16/h5-10H,1-4H3. The van der Waals surface area contributed by atoms with Crippen LogP contribution in [0.15, 0.2) is 24.3 Å². The molecule has 0 bridgehead atoms. The third kappa shape index (κ3) is 2.65. The van der Waals surface area contributed by atoms with Gasteiger partial charge in [-0.3, -0.25) is 4.98 Å². The fraction of sp³-hybridized carbons (Fsp3) is 0.250. The van der Waals surface area contributed by atoms with Crippen LogP contribution in [-0.4, -0.2) is 9.97 Å². The van der Waals surface area contributed by atoms with Crippen LogP contribution >= 0.6 is 0 Å². The van der Waals surface area contributed by atoms with E-state index in [0.717, 1.165) is 22.8 Å². The Morgan fingerprint density at radius 2 is 1.44 bits per heavy atom. The number of aryl methyl sites for hydroxylation is 4. The fourth-order valence-corrected chi connectivity index (χ4v) is 1.83. The summed E-state index contributed by atoms with van der Waals surface area (Å²) in [5, 5.41) is 0. The van der Waals surface area contributed by atoms with Crippen LogP contribution in [0.3, 0.4) is 0 Å². The van der Waals surface area contributed by atoms with Gasteiger partial charge in [-0.1, -0.05) is 30.3 Å².